The van der Waals surface area contributed by atoms with Crippen LogP contribution in [-0.2, 0) is 6.61 Å². The lowest BCUT2D eigenvalue weighted by Crippen LogP contribution is -1.95. The topological polar surface area (TPSA) is 47.0 Å². The molecule has 2 aromatic rings. The Morgan fingerprint density at radius 1 is 1.44 bits per heavy atom. The number of benzene rings is 1. The molecular weight excluding hydrogens is 277 g/mol. The van der Waals surface area contributed by atoms with Crippen LogP contribution in [0.1, 0.15) is 11.9 Å². The molecule has 0 fully saturated rings. The molecule has 0 spiro atoms. The van der Waals surface area contributed by atoms with Crippen molar-refractivity contribution < 1.29 is 9.13 Å². The second-order valence-corrected chi connectivity index (χ2v) is 4.86. The first-order chi connectivity index (χ1) is 8.69. The van der Waals surface area contributed by atoms with E-state index in [0.29, 0.717) is 5.75 Å². The van der Waals surface area contributed by atoms with Crippen molar-refractivity contribution in [2.24, 2.45) is 0 Å². The molecule has 0 radical (unpaired) electrons. The van der Waals surface area contributed by atoms with Crippen molar-refractivity contribution in [3.8, 4) is 5.75 Å². The van der Waals surface area contributed by atoms with E-state index in [2.05, 4.69) is 15.5 Å². The van der Waals surface area contributed by atoms with E-state index in [1.165, 1.54) is 29.5 Å². The number of aromatic nitrogens is 2. The molecular formula is C11H11ClFN3OS. The fourth-order valence-corrected chi connectivity index (χ4v) is 2.21. The summed E-state index contributed by atoms with van der Waals surface area (Å²) < 4.78 is 18.3. The summed E-state index contributed by atoms with van der Waals surface area (Å²) in [6.45, 7) is 3.03. The minimum absolute atomic E-state index is 0.242. The normalized spacial score (nSPS) is 10.4. The highest BCUT2D eigenvalue weighted by Crippen LogP contribution is 2.26. The smallest absolute Gasteiger partial charge is 0.205 e. The SMILES string of the molecule is CCNc1nnc(COc2ccc(F)cc2Cl)s1. The van der Waals surface area contributed by atoms with Gasteiger partial charge in [-0.2, -0.15) is 0 Å². The zero-order valence-electron chi connectivity index (χ0n) is 9.61. The van der Waals surface area contributed by atoms with Gasteiger partial charge in [-0.3, -0.25) is 0 Å². The zero-order valence-corrected chi connectivity index (χ0v) is 11.2. The molecule has 0 bridgehead atoms. The van der Waals surface area contributed by atoms with Crippen molar-refractivity contribution in [1.29, 1.82) is 0 Å². The standard InChI is InChI=1S/C11H11ClFN3OS/c1-2-14-11-16-15-10(18-11)6-17-9-4-3-7(13)5-8(9)12/h3-5H,2,6H2,1H3,(H,14,16). The summed E-state index contributed by atoms with van der Waals surface area (Å²) in [4.78, 5) is 0. The Balaban J connectivity index is 1.97. The molecule has 7 heteroatoms. The Morgan fingerprint density at radius 2 is 2.28 bits per heavy atom. The summed E-state index contributed by atoms with van der Waals surface area (Å²) >= 11 is 7.25. The van der Waals surface area contributed by atoms with Crippen LogP contribution < -0.4 is 10.1 Å². The largest absolute Gasteiger partial charge is 0.485 e. The minimum atomic E-state index is -0.391. The molecule has 1 aromatic carbocycles. The van der Waals surface area contributed by atoms with Gasteiger partial charge in [0, 0.05) is 6.54 Å². The van der Waals surface area contributed by atoms with Crippen molar-refractivity contribution in [3.63, 3.8) is 0 Å². The number of nitrogens with one attached hydrogen (secondary N) is 1. The average molecular weight is 288 g/mol. The third-order valence-electron chi connectivity index (χ3n) is 2.04. The zero-order chi connectivity index (χ0) is 13.0. The van der Waals surface area contributed by atoms with Gasteiger partial charge < -0.3 is 10.1 Å². The van der Waals surface area contributed by atoms with Crippen LogP contribution in [0.5, 0.6) is 5.75 Å². The van der Waals surface area contributed by atoms with Crippen LogP contribution in [0.3, 0.4) is 0 Å². The molecule has 2 rings (SSSR count). The van der Waals surface area contributed by atoms with Crippen molar-refractivity contribution in [2.75, 3.05) is 11.9 Å². The molecule has 0 aliphatic rings. The molecule has 96 valence electrons. The van der Waals surface area contributed by atoms with Crippen LogP contribution in [0.4, 0.5) is 9.52 Å². The molecule has 0 saturated carbocycles. The van der Waals surface area contributed by atoms with E-state index >= 15 is 0 Å². The van der Waals surface area contributed by atoms with E-state index in [1.807, 2.05) is 6.92 Å². The fourth-order valence-electron chi connectivity index (χ4n) is 1.27. The quantitative estimate of drug-likeness (QED) is 0.916. The number of ether oxygens (including phenoxy) is 1. The van der Waals surface area contributed by atoms with Gasteiger partial charge in [0.2, 0.25) is 5.13 Å². The summed E-state index contributed by atoms with van der Waals surface area (Å²) in [7, 11) is 0. The molecule has 1 aromatic heterocycles. The van der Waals surface area contributed by atoms with E-state index in [9.17, 15) is 4.39 Å². The number of hydrogen-bond acceptors (Lipinski definition) is 5. The molecule has 4 nitrogen and oxygen atoms in total. The lowest BCUT2D eigenvalue weighted by Gasteiger charge is -2.05. The van der Waals surface area contributed by atoms with Crippen molar-refractivity contribution in [1.82, 2.24) is 10.2 Å². The first kappa shape index (κ1) is 13.0. The number of halogens is 2. The predicted molar refractivity (Wildman–Crippen MR) is 69.8 cm³/mol. The van der Waals surface area contributed by atoms with Crippen LogP contribution in [0.2, 0.25) is 5.02 Å². The average Bonchev–Trinajstić information content (AvgIpc) is 2.76. The first-order valence-electron chi connectivity index (χ1n) is 5.33. The lowest BCUT2D eigenvalue weighted by molar-refractivity contribution is 0.304. The van der Waals surface area contributed by atoms with Gasteiger partial charge in [0.15, 0.2) is 5.01 Å². The second-order valence-electron chi connectivity index (χ2n) is 3.39. The molecule has 0 aliphatic heterocycles. The summed E-state index contributed by atoms with van der Waals surface area (Å²) in [5.74, 6) is 0.0379. The number of anilines is 1. The van der Waals surface area contributed by atoms with E-state index in [0.717, 1.165) is 16.7 Å². The molecule has 0 unspecified atom stereocenters. The summed E-state index contributed by atoms with van der Waals surface area (Å²) in [6, 6.07) is 4.00. The van der Waals surface area contributed by atoms with Gasteiger partial charge in [-0.25, -0.2) is 4.39 Å². The Labute approximate surface area is 113 Å². The number of rotatable bonds is 5. The fraction of sp³-hybridized carbons (Fsp3) is 0.273. The van der Waals surface area contributed by atoms with Crippen LogP contribution in [-0.4, -0.2) is 16.7 Å². The van der Waals surface area contributed by atoms with Crippen molar-refractivity contribution in [2.45, 2.75) is 13.5 Å². The summed E-state index contributed by atoms with van der Waals surface area (Å²) in [5.41, 5.74) is 0. The van der Waals surface area contributed by atoms with Crippen LogP contribution in [0.25, 0.3) is 0 Å². The molecule has 1 heterocycles. The van der Waals surface area contributed by atoms with Gasteiger partial charge >= 0.3 is 0 Å². The second kappa shape index (κ2) is 5.97. The Bertz CT molecular complexity index is 535. The van der Waals surface area contributed by atoms with E-state index < -0.39 is 5.82 Å². The highest BCUT2D eigenvalue weighted by Gasteiger charge is 2.07. The summed E-state index contributed by atoms with van der Waals surface area (Å²) in [6.07, 6.45) is 0. The third kappa shape index (κ3) is 3.30. The van der Waals surface area contributed by atoms with E-state index in [1.54, 1.807) is 0 Å². The highest BCUT2D eigenvalue weighted by atomic mass is 35.5. The maximum Gasteiger partial charge on any atom is 0.205 e. The van der Waals surface area contributed by atoms with Gasteiger partial charge in [-0.15, -0.1) is 10.2 Å². The number of nitrogens with zero attached hydrogens (tertiary/aromatic N) is 2. The van der Waals surface area contributed by atoms with Crippen LogP contribution >= 0.6 is 22.9 Å². The Kier molecular flexibility index (Phi) is 4.33. The molecule has 0 aliphatic carbocycles. The van der Waals surface area contributed by atoms with Crippen molar-refractivity contribution in [3.05, 3.63) is 34.0 Å². The summed E-state index contributed by atoms with van der Waals surface area (Å²) in [5, 5.41) is 12.7. The monoisotopic (exact) mass is 287 g/mol. The maximum absolute atomic E-state index is 12.8. The lowest BCUT2D eigenvalue weighted by atomic mass is 10.3. The Hall–Kier alpha value is -1.40. The van der Waals surface area contributed by atoms with E-state index in [4.69, 9.17) is 16.3 Å². The predicted octanol–water partition coefficient (Wildman–Crippen LogP) is 3.34. The minimum Gasteiger partial charge on any atom is -0.485 e. The van der Waals surface area contributed by atoms with Gasteiger partial charge in [-0.05, 0) is 25.1 Å². The van der Waals surface area contributed by atoms with E-state index in [-0.39, 0.29) is 11.6 Å². The first-order valence-corrected chi connectivity index (χ1v) is 6.52. The van der Waals surface area contributed by atoms with Crippen LogP contribution in [0, 0.1) is 5.82 Å². The van der Waals surface area contributed by atoms with Gasteiger partial charge in [0.25, 0.3) is 0 Å². The van der Waals surface area contributed by atoms with Gasteiger partial charge in [0.05, 0.1) is 5.02 Å². The molecule has 0 atom stereocenters. The molecule has 1 N–H and O–H groups in total. The Morgan fingerprint density at radius 3 is 3.00 bits per heavy atom. The van der Waals surface area contributed by atoms with Crippen LogP contribution in [0.15, 0.2) is 18.2 Å². The maximum atomic E-state index is 12.8. The van der Waals surface area contributed by atoms with Crippen molar-refractivity contribution >= 4 is 28.1 Å². The highest BCUT2D eigenvalue weighted by molar-refractivity contribution is 7.15. The molecule has 0 saturated heterocycles. The molecule has 0 amide bonds. The van der Waals surface area contributed by atoms with Gasteiger partial charge in [-0.1, -0.05) is 22.9 Å². The molecule has 18 heavy (non-hydrogen) atoms. The third-order valence-corrected chi connectivity index (χ3v) is 3.19. The number of hydrogen-bond donors (Lipinski definition) is 1. The van der Waals surface area contributed by atoms with Gasteiger partial charge in [0.1, 0.15) is 18.2 Å².